The summed E-state index contributed by atoms with van der Waals surface area (Å²) in [4.78, 5) is 23.4. The molecule has 1 aromatic heterocycles. The van der Waals surface area contributed by atoms with E-state index in [1.165, 1.54) is 16.8 Å². The molecule has 0 atom stereocenters. The van der Waals surface area contributed by atoms with Crippen LogP contribution in [0.3, 0.4) is 0 Å². The molecular formula is C13H10ClNO2. The van der Waals surface area contributed by atoms with E-state index >= 15 is 0 Å². The van der Waals surface area contributed by atoms with Crippen molar-refractivity contribution in [1.82, 2.24) is 4.57 Å². The summed E-state index contributed by atoms with van der Waals surface area (Å²) < 4.78 is 1.33. The van der Waals surface area contributed by atoms with Crippen LogP contribution in [0, 0.1) is 0 Å². The Balaban J connectivity index is 2.22. The number of ketones is 1. The van der Waals surface area contributed by atoms with Gasteiger partial charge in [-0.3, -0.25) is 9.59 Å². The fraction of sp³-hybridized carbons (Fsp3) is 0.0769. The van der Waals surface area contributed by atoms with E-state index in [0.29, 0.717) is 10.6 Å². The van der Waals surface area contributed by atoms with Gasteiger partial charge >= 0.3 is 0 Å². The Bertz CT molecular complexity index is 590. The van der Waals surface area contributed by atoms with Crippen molar-refractivity contribution in [2.24, 2.45) is 0 Å². The third-order valence-electron chi connectivity index (χ3n) is 2.37. The molecule has 86 valence electrons. The molecule has 3 nitrogen and oxygen atoms in total. The third-order valence-corrected chi connectivity index (χ3v) is 2.60. The molecule has 0 bridgehead atoms. The van der Waals surface area contributed by atoms with E-state index in [9.17, 15) is 9.59 Å². The molecule has 1 aromatic carbocycles. The zero-order valence-corrected chi connectivity index (χ0v) is 9.72. The van der Waals surface area contributed by atoms with Crippen LogP contribution in [0.5, 0.6) is 0 Å². The number of nitrogens with zero attached hydrogens (tertiary/aromatic N) is 1. The van der Waals surface area contributed by atoms with Crippen LogP contribution in [-0.2, 0) is 6.54 Å². The lowest BCUT2D eigenvalue weighted by atomic mass is 10.1. The summed E-state index contributed by atoms with van der Waals surface area (Å²) in [6.07, 6.45) is 1.52. The Labute approximate surface area is 103 Å². The molecular weight excluding hydrogens is 238 g/mol. The van der Waals surface area contributed by atoms with Gasteiger partial charge in [0.25, 0.3) is 5.56 Å². The first-order valence-electron chi connectivity index (χ1n) is 5.11. The van der Waals surface area contributed by atoms with Crippen molar-refractivity contribution in [3.05, 3.63) is 69.6 Å². The Hall–Kier alpha value is -1.87. The van der Waals surface area contributed by atoms with E-state index in [0.717, 1.165) is 0 Å². The molecule has 0 aliphatic heterocycles. The average Bonchev–Trinajstić information content (AvgIpc) is 2.34. The minimum Gasteiger partial charge on any atom is -0.308 e. The monoisotopic (exact) mass is 247 g/mol. The van der Waals surface area contributed by atoms with Crippen LogP contribution >= 0.6 is 11.6 Å². The highest BCUT2D eigenvalue weighted by atomic mass is 35.5. The highest BCUT2D eigenvalue weighted by Crippen LogP contribution is 2.04. The minimum absolute atomic E-state index is 0.0278. The van der Waals surface area contributed by atoms with Crippen LogP contribution < -0.4 is 5.56 Å². The maximum Gasteiger partial charge on any atom is 0.252 e. The first-order valence-corrected chi connectivity index (χ1v) is 5.49. The topological polar surface area (TPSA) is 39.1 Å². The average molecular weight is 248 g/mol. The van der Waals surface area contributed by atoms with Gasteiger partial charge in [-0.15, -0.1) is 0 Å². The van der Waals surface area contributed by atoms with Crippen LogP contribution in [-0.4, -0.2) is 10.4 Å². The molecule has 0 N–H and O–H groups in total. The van der Waals surface area contributed by atoms with Gasteiger partial charge in [0, 0.05) is 22.8 Å². The van der Waals surface area contributed by atoms with Crippen LogP contribution in [0.2, 0.25) is 5.02 Å². The third kappa shape index (κ3) is 2.82. The zero-order chi connectivity index (χ0) is 12.3. The molecule has 2 rings (SSSR count). The first kappa shape index (κ1) is 11.6. The SMILES string of the molecule is O=C(Cn1ccc(Cl)cc1=O)c1ccccc1. The summed E-state index contributed by atoms with van der Waals surface area (Å²) in [5.41, 5.74) is 0.316. The molecule has 4 heteroatoms. The van der Waals surface area contributed by atoms with Gasteiger partial charge in [0.1, 0.15) is 0 Å². The number of hydrogen-bond donors (Lipinski definition) is 0. The molecule has 0 radical (unpaired) electrons. The molecule has 0 unspecified atom stereocenters. The summed E-state index contributed by atoms with van der Waals surface area (Å²) in [7, 11) is 0. The molecule has 17 heavy (non-hydrogen) atoms. The lowest BCUT2D eigenvalue weighted by Gasteiger charge is -2.04. The summed E-state index contributed by atoms with van der Waals surface area (Å²) in [6.45, 7) is 0.0278. The number of halogens is 1. The van der Waals surface area contributed by atoms with Crippen molar-refractivity contribution in [2.75, 3.05) is 0 Å². The van der Waals surface area contributed by atoms with Gasteiger partial charge in [-0.2, -0.15) is 0 Å². The number of carbonyl (C=O) groups is 1. The van der Waals surface area contributed by atoms with E-state index in [1.807, 2.05) is 6.07 Å². The highest BCUT2D eigenvalue weighted by molar-refractivity contribution is 6.30. The van der Waals surface area contributed by atoms with E-state index < -0.39 is 0 Å². The van der Waals surface area contributed by atoms with E-state index in [2.05, 4.69) is 0 Å². The fourth-order valence-corrected chi connectivity index (χ4v) is 1.63. The first-order chi connectivity index (χ1) is 8.16. The summed E-state index contributed by atoms with van der Waals surface area (Å²) >= 11 is 5.67. The number of pyridine rings is 1. The quantitative estimate of drug-likeness (QED) is 0.782. The lowest BCUT2D eigenvalue weighted by molar-refractivity contribution is 0.0971. The second-order valence-corrected chi connectivity index (χ2v) is 4.04. The Morgan fingerprint density at radius 1 is 1.18 bits per heavy atom. The summed E-state index contributed by atoms with van der Waals surface area (Å²) in [5.74, 6) is -0.102. The van der Waals surface area contributed by atoms with Crippen LogP contribution in [0.25, 0.3) is 0 Å². The molecule has 0 spiro atoms. The van der Waals surface area contributed by atoms with Gasteiger partial charge in [0.15, 0.2) is 5.78 Å². The maximum atomic E-state index is 11.9. The zero-order valence-electron chi connectivity index (χ0n) is 8.97. The number of Topliss-reactive ketones (excluding diaryl/α,β-unsaturated/α-hetero) is 1. The fourth-order valence-electron chi connectivity index (χ4n) is 1.48. The van der Waals surface area contributed by atoms with Crippen molar-refractivity contribution in [2.45, 2.75) is 6.54 Å². The van der Waals surface area contributed by atoms with Crippen molar-refractivity contribution < 1.29 is 4.79 Å². The molecule has 0 amide bonds. The second kappa shape index (κ2) is 4.97. The van der Waals surface area contributed by atoms with Crippen molar-refractivity contribution in [3.63, 3.8) is 0 Å². The maximum absolute atomic E-state index is 11.9. The molecule has 0 aliphatic carbocycles. The van der Waals surface area contributed by atoms with Gasteiger partial charge in [-0.1, -0.05) is 41.9 Å². The van der Waals surface area contributed by atoms with Gasteiger partial charge in [-0.25, -0.2) is 0 Å². The van der Waals surface area contributed by atoms with Crippen LogP contribution in [0.15, 0.2) is 53.5 Å². The molecule has 0 aliphatic rings. The van der Waals surface area contributed by atoms with E-state index in [4.69, 9.17) is 11.6 Å². The molecule has 0 fully saturated rings. The molecule has 0 saturated carbocycles. The molecule has 2 aromatic rings. The summed E-state index contributed by atoms with van der Waals surface area (Å²) in [6, 6.07) is 11.7. The van der Waals surface area contributed by atoms with E-state index in [1.54, 1.807) is 30.3 Å². The number of carbonyl (C=O) groups excluding carboxylic acids is 1. The second-order valence-electron chi connectivity index (χ2n) is 3.60. The largest absolute Gasteiger partial charge is 0.308 e. The standard InChI is InChI=1S/C13H10ClNO2/c14-11-6-7-15(13(17)8-11)9-12(16)10-4-2-1-3-5-10/h1-8H,9H2. The number of aromatic nitrogens is 1. The van der Waals surface area contributed by atoms with Crippen LogP contribution in [0.1, 0.15) is 10.4 Å². The molecule has 1 heterocycles. The number of rotatable bonds is 3. The predicted molar refractivity (Wildman–Crippen MR) is 66.5 cm³/mol. The van der Waals surface area contributed by atoms with Crippen molar-refractivity contribution >= 4 is 17.4 Å². The summed E-state index contributed by atoms with van der Waals surface area (Å²) in [5, 5.41) is 0.374. The van der Waals surface area contributed by atoms with Gasteiger partial charge in [0.05, 0.1) is 6.54 Å². The van der Waals surface area contributed by atoms with Crippen molar-refractivity contribution in [1.29, 1.82) is 0 Å². The Morgan fingerprint density at radius 3 is 2.53 bits per heavy atom. The normalized spacial score (nSPS) is 10.2. The number of hydrogen-bond acceptors (Lipinski definition) is 2. The molecule has 0 saturated heterocycles. The Kier molecular flexibility index (Phi) is 3.40. The van der Waals surface area contributed by atoms with Gasteiger partial charge in [0.2, 0.25) is 0 Å². The van der Waals surface area contributed by atoms with E-state index in [-0.39, 0.29) is 17.9 Å². The highest BCUT2D eigenvalue weighted by Gasteiger charge is 2.06. The minimum atomic E-state index is -0.276. The van der Waals surface area contributed by atoms with Gasteiger partial charge in [-0.05, 0) is 6.07 Å². The lowest BCUT2D eigenvalue weighted by Crippen LogP contribution is -2.22. The van der Waals surface area contributed by atoms with Gasteiger partial charge < -0.3 is 4.57 Å². The Morgan fingerprint density at radius 2 is 1.88 bits per heavy atom. The predicted octanol–water partition coefficient (Wildman–Crippen LogP) is 2.38. The van der Waals surface area contributed by atoms with Crippen LogP contribution in [0.4, 0.5) is 0 Å². The smallest absolute Gasteiger partial charge is 0.252 e. The number of benzene rings is 1. The van der Waals surface area contributed by atoms with Crippen molar-refractivity contribution in [3.8, 4) is 0 Å².